The zero-order valence-electron chi connectivity index (χ0n) is 9.05. The van der Waals surface area contributed by atoms with E-state index in [4.69, 9.17) is 9.84 Å². The van der Waals surface area contributed by atoms with Crippen molar-refractivity contribution in [1.29, 1.82) is 0 Å². The van der Waals surface area contributed by atoms with Crippen LogP contribution in [0, 0.1) is 5.82 Å². The molecule has 0 saturated carbocycles. The average Bonchev–Trinajstić information content (AvgIpc) is 2.78. The lowest BCUT2D eigenvalue weighted by Gasteiger charge is -2.08. The quantitative estimate of drug-likeness (QED) is 0.888. The lowest BCUT2D eigenvalue weighted by atomic mass is 10.2. The highest BCUT2D eigenvalue weighted by atomic mass is 19.1. The number of rotatable bonds is 3. The Balaban J connectivity index is 2.53. The third kappa shape index (κ3) is 1.99. The van der Waals surface area contributed by atoms with Gasteiger partial charge in [-0.3, -0.25) is 0 Å². The summed E-state index contributed by atoms with van der Waals surface area (Å²) in [6.07, 6.45) is 1.59. The molecule has 0 aliphatic heterocycles. The molecule has 0 spiro atoms. The first-order chi connectivity index (χ1) is 8.13. The maximum atomic E-state index is 13.2. The number of hydrogen-bond donors (Lipinski definition) is 1. The number of halogens is 1. The van der Waals surface area contributed by atoms with Gasteiger partial charge >= 0.3 is 5.97 Å². The summed E-state index contributed by atoms with van der Waals surface area (Å²) in [4.78, 5) is 11.0. The van der Waals surface area contributed by atoms with Gasteiger partial charge in [0.2, 0.25) is 0 Å². The van der Waals surface area contributed by atoms with Crippen LogP contribution in [0.1, 0.15) is 10.5 Å². The van der Waals surface area contributed by atoms with Crippen LogP contribution in [-0.4, -0.2) is 22.8 Å². The fourth-order valence-corrected chi connectivity index (χ4v) is 1.58. The van der Waals surface area contributed by atoms with Crippen LogP contribution >= 0.6 is 0 Å². The summed E-state index contributed by atoms with van der Waals surface area (Å²) >= 11 is 0. The van der Waals surface area contributed by atoms with E-state index in [2.05, 4.69) is 0 Å². The number of aromatic nitrogens is 1. The largest absolute Gasteiger partial charge is 0.494 e. The van der Waals surface area contributed by atoms with Gasteiger partial charge in [-0.15, -0.1) is 0 Å². The summed E-state index contributed by atoms with van der Waals surface area (Å²) in [5.41, 5.74) is 0.643. The van der Waals surface area contributed by atoms with Crippen LogP contribution in [0.15, 0.2) is 36.5 Å². The van der Waals surface area contributed by atoms with Crippen LogP contribution in [-0.2, 0) is 0 Å². The number of hydrogen-bond acceptors (Lipinski definition) is 2. The van der Waals surface area contributed by atoms with Crippen LogP contribution in [0.4, 0.5) is 4.39 Å². The van der Waals surface area contributed by atoms with Crippen LogP contribution in [0.5, 0.6) is 5.75 Å². The summed E-state index contributed by atoms with van der Waals surface area (Å²) in [6.45, 7) is 0. The SMILES string of the molecule is COc1cc(-n2cccc2C(=O)O)ccc1F. The molecule has 0 radical (unpaired) electrons. The van der Waals surface area contributed by atoms with E-state index in [9.17, 15) is 9.18 Å². The number of nitrogens with zero attached hydrogens (tertiary/aromatic N) is 1. The molecule has 2 aromatic rings. The Kier molecular flexibility index (Phi) is 2.82. The van der Waals surface area contributed by atoms with Gasteiger partial charge in [0.05, 0.1) is 7.11 Å². The standard InChI is InChI=1S/C12H10FNO3/c1-17-11-7-8(4-5-9(11)13)14-6-2-3-10(14)12(15)16/h2-7H,1H3,(H,15,16). The Hall–Kier alpha value is -2.30. The zero-order valence-corrected chi connectivity index (χ0v) is 9.05. The van der Waals surface area contributed by atoms with Crippen LogP contribution < -0.4 is 4.74 Å². The van der Waals surface area contributed by atoms with Crippen molar-refractivity contribution < 1.29 is 19.0 Å². The molecule has 1 N–H and O–H groups in total. The van der Waals surface area contributed by atoms with Crippen molar-refractivity contribution in [3.8, 4) is 11.4 Å². The van der Waals surface area contributed by atoms with E-state index in [1.165, 1.54) is 35.9 Å². The first-order valence-electron chi connectivity index (χ1n) is 4.88. The molecule has 1 aromatic heterocycles. The number of carbonyl (C=O) groups is 1. The minimum absolute atomic E-state index is 0.0764. The lowest BCUT2D eigenvalue weighted by Crippen LogP contribution is -2.06. The van der Waals surface area contributed by atoms with Crippen molar-refractivity contribution in [1.82, 2.24) is 4.57 Å². The number of methoxy groups -OCH3 is 1. The Bertz CT molecular complexity index is 563. The van der Waals surface area contributed by atoms with Gasteiger partial charge in [0.15, 0.2) is 11.6 Å². The van der Waals surface area contributed by atoms with Crippen molar-refractivity contribution >= 4 is 5.97 Å². The molecule has 0 unspecified atom stereocenters. The fraction of sp³-hybridized carbons (Fsp3) is 0.0833. The van der Waals surface area contributed by atoms with Gasteiger partial charge in [-0.1, -0.05) is 0 Å². The summed E-state index contributed by atoms with van der Waals surface area (Å²) < 4.78 is 19.5. The summed E-state index contributed by atoms with van der Waals surface area (Å²) in [5.74, 6) is -1.45. The van der Waals surface area contributed by atoms with Gasteiger partial charge < -0.3 is 14.4 Å². The van der Waals surface area contributed by atoms with Crippen molar-refractivity contribution in [2.75, 3.05) is 7.11 Å². The second-order valence-corrected chi connectivity index (χ2v) is 3.39. The maximum absolute atomic E-state index is 13.2. The molecule has 0 fully saturated rings. The van der Waals surface area contributed by atoms with Crippen molar-refractivity contribution in [3.05, 3.63) is 48.0 Å². The Morgan fingerprint density at radius 3 is 2.82 bits per heavy atom. The lowest BCUT2D eigenvalue weighted by molar-refractivity contribution is 0.0688. The molecule has 1 aromatic carbocycles. The molecule has 0 aliphatic carbocycles. The first kappa shape index (κ1) is 11.2. The molecule has 4 nitrogen and oxygen atoms in total. The second-order valence-electron chi connectivity index (χ2n) is 3.39. The van der Waals surface area contributed by atoms with E-state index < -0.39 is 11.8 Å². The Morgan fingerprint density at radius 1 is 1.41 bits per heavy atom. The predicted octanol–water partition coefficient (Wildman–Crippen LogP) is 2.32. The molecule has 5 heteroatoms. The second kappa shape index (κ2) is 4.29. The zero-order chi connectivity index (χ0) is 12.4. The molecule has 1 heterocycles. The molecule has 0 aliphatic rings. The summed E-state index contributed by atoms with van der Waals surface area (Å²) in [6, 6.07) is 7.25. The van der Waals surface area contributed by atoms with Crippen LogP contribution in [0.2, 0.25) is 0 Å². The topological polar surface area (TPSA) is 51.5 Å². The molecule has 88 valence electrons. The minimum atomic E-state index is -1.04. The predicted molar refractivity (Wildman–Crippen MR) is 59.2 cm³/mol. The van der Waals surface area contributed by atoms with Gasteiger partial charge in [-0.05, 0) is 24.3 Å². The highest BCUT2D eigenvalue weighted by Crippen LogP contribution is 2.22. The number of aromatic carboxylic acids is 1. The van der Waals surface area contributed by atoms with Gasteiger partial charge in [-0.2, -0.15) is 0 Å². The number of benzene rings is 1. The minimum Gasteiger partial charge on any atom is -0.494 e. The van der Waals surface area contributed by atoms with E-state index >= 15 is 0 Å². The van der Waals surface area contributed by atoms with E-state index in [0.717, 1.165) is 0 Å². The van der Waals surface area contributed by atoms with E-state index in [-0.39, 0.29) is 11.4 Å². The molecule has 2 rings (SSSR count). The van der Waals surface area contributed by atoms with E-state index in [1.807, 2.05) is 0 Å². The number of carboxylic acid groups (broad SMARTS) is 1. The van der Waals surface area contributed by atoms with Gasteiger partial charge in [0.25, 0.3) is 0 Å². The molecular formula is C12H10FNO3. The average molecular weight is 235 g/mol. The molecule has 0 amide bonds. The van der Waals surface area contributed by atoms with Gasteiger partial charge in [0, 0.05) is 18.0 Å². The summed E-state index contributed by atoms with van der Waals surface area (Å²) in [5, 5.41) is 8.97. The van der Waals surface area contributed by atoms with Crippen molar-refractivity contribution in [2.45, 2.75) is 0 Å². The Morgan fingerprint density at radius 2 is 2.18 bits per heavy atom. The van der Waals surface area contributed by atoms with Crippen LogP contribution in [0.25, 0.3) is 5.69 Å². The molecule has 0 saturated heterocycles. The molecule has 0 atom stereocenters. The summed E-state index contributed by atoms with van der Waals surface area (Å²) in [7, 11) is 1.36. The normalized spacial score (nSPS) is 10.2. The van der Waals surface area contributed by atoms with Crippen molar-refractivity contribution in [2.24, 2.45) is 0 Å². The first-order valence-corrected chi connectivity index (χ1v) is 4.88. The monoisotopic (exact) mass is 235 g/mol. The van der Waals surface area contributed by atoms with Crippen LogP contribution in [0.3, 0.4) is 0 Å². The maximum Gasteiger partial charge on any atom is 0.352 e. The van der Waals surface area contributed by atoms with Gasteiger partial charge in [0.1, 0.15) is 5.69 Å². The van der Waals surface area contributed by atoms with E-state index in [1.54, 1.807) is 12.3 Å². The Labute approximate surface area is 96.9 Å². The third-order valence-electron chi connectivity index (χ3n) is 2.38. The third-order valence-corrected chi connectivity index (χ3v) is 2.38. The van der Waals surface area contributed by atoms with Crippen molar-refractivity contribution in [3.63, 3.8) is 0 Å². The number of carboxylic acids is 1. The van der Waals surface area contributed by atoms with Gasteiger partial charge in [-0.25, -0.2) is 9.18 Å². The molecular weight excluding hydrogens is 225 g/mol. The fourth-order valence-electron chi connectivity index (χ4n) is 1.58. The molecule has 17 heavy (non-hydrogen) atoms. The smallest absolute Gasteiger partial charge is 0.352 e. The highest BCUT2D eigenvalue weighted by molar-refractivity contribution is 5.86. The van der Waals surface area contributed by atoms with E-state index in [0.29, 0.717) is 5.69 Å². The highest BCUT2D eigenvalue weighted by Gasteiger charge is 2.11. The number of ether oxygens (including phenoxy) is 1. The molecule has 0 bridgehead atoms.